The van der Waals surface area contributed by atoms with E-state index in [-0.39, 0.29) is 11.1 Å². The van der Waals surface area contributed by atoms with E-state index in [2.05, 4.69) is 87.3 Å². The summed E-state index contributed by atoms with van der Waals surface area (Å²) in [6, 6.07) is 0.424. The minimum absolute atomic E-state index is 0.0898. The highest BCUT2D eigenvalue weighted by Crippen LogP contribution is 2.38. The fraction of sp³-hybridized carbons (Fsp3) is 0.500. The van der Waals surface area contributed by atoms with E-state index in [0.29, 0.717) is 23.9 Å². The van der Waals surface area contributed by atoms with Crippen LogP contribution in [0.5, 0.6) is 0 Å². The van der Waals surface area contributed by atoms with Gasteiger partial charge in [0.25, 0.3) is 0 Å². The molecule has 1 aliphatic rings. The van der Waals surface area contributed by atoms with Crippen LogP contribution in [0.4, 0.5) is 5.13 Å². The number of halogens is 1. The lowest BCUT2D eigenvalue weighted by molar-refractivity contribution is 0.161. The van der Waals surface area contributed by atoms with Crippen LogP contribution in [0.15, 0.2) is 18.6 Å². The molecular formula is C20H25IN9PS2. The van der Waals surface area contributed by atoms with Crippen molar-refractivity contribution in [3.05, 3.63) is 18.6 Å². The van der Waals surface area contributed by atoms with E-state index in [1.54, 1.807) is 23.7 Å². The van der Waals surface area contributed by atoms with E-state index in [4.69, 9.17) is 9.97 Å². The molecule has 5 heterocycles. The number of hydrogen-bond donors (Lipinski definition) is 1. The Morgan fingerprint density at radius 1 is 1.09 bits per heavy atom. The van der Waals surface area contributed by atoms with Crippen LogP contribution in [0.3, 0.4) is 0 Å². The predicted molar refractivity (Wildman–Crippen MR) is 146 cm³/mol. The second kappa shape index (κ2) is 8.71. The maximum absolute atomic E-state index is 4.90. The molecule has 33 heavy (non-hydrogen) atoms. The SMILES string of the molecule is CN(c1nc2sc(-c3ncc(-c4cnn(PI)c4)nn3)nc2s1)C1CC(C)(C)NC(C)(C)C1. The Balaban J connectivity index is 1.35. The summed E-state index contributed by atoms with van der Waals surface area (Å²) in [4.78, 5) is 18.3. The van der Waals surface area contributed by atoms with E-state index >= 15 is 0 Å². The molecule has 0 aromatic carbocycles. The van der Waals surface area contributed by atoms with Crippen molar-refractivity contribution in [3.8, 4) is 22.1 Å². The van der Waals surface area contributed by atoms with Crippen molar-refractivity contribution in [1.29, 1.82) is 0 Å². The van der Waals surface area contributed by atoms with Crippen molar-refractivity contribution in [2.75, 3.05) is 11.9 Å². The van der Waals surface area contributed by atoms with E-state index in [1.807, 2.05) is 10.6 Å². The van der Waals surface area contributed by atoms with Gasteiger partial charge in [-0.2, -0.15) is 5.10 Å². The molecule has 1 saturated heterocycles. The second-order valence-corrected chi connectivity index (χ2v) is 13.6. The number of piperidine rings is 1. The van der Waals surface area contributed by atoms with Gasteiger partial charge < -0.3 is 10.2 Å². The third kappa shape index (κ3) is 4.90. The maximum Gasteiger partial charge on any atom is 0.210 e. The normalized spacial score (nSPS) is 18.5. The first-order valence-corrected chi connectivity index (χ1v) is 16.2. The molecule has 5 rings (SSSR count). The molecule has 1 N–H and O–H groups in total. The van der Waals surface area contributed by atoms with Gasteiger partial charge in [-0.05, 0) is 62.6 Å². The van der Waals surface area contributed by atoms with Crippen LogP contribution in [-0.2, 0) is 0 Å². The van der Waals surface area contributed by atoms with Crippen molar-refractivity contribution < 1.29 is 0 Å². The molecule has 13 heteroatoms. The standard InChI is InChI=1S/C20H25IN9PS2/c1-19(2)6-12(7-20(3,4)28-19)29(5)18-25-17-16(33-18)24-15(32-17)14-22-9-13(26-27-14)11-8-23-30(10-11)31-21/h8-10,12,28,31H,6-7H2,1-5H3. The van der Waals surface area contributed by atoms with Crippen LogP contribution in [0.2, 0.25) is 0 Å². The zero-order valence-electron chi connectivity index (χ0n) is 19.0. The molecule has 1 fully saturated rings. The molecule has 0 saturated carbocycles. The molecule has 0 spiro atoms. The summed E-state index contributed by atoms with van der Waals surface area (Å²) >= 11 is 5.42. The topological polar surface area (TPSA) is 97.5 Å². The predicted octanol–water partition coefficient (Wildman–Crippen LogP) is 5.01. The van der Waals surface area contributed by atoms with Crippen LogP contribution in [0, 0.1) is 0 Å². The molecule has 1 atom stereocenters. The van der Waals surface area contributed by atoms with Gasteiger partial charge in [-0.3, -0.25) is 0 Å². The molecule has 1 unspecified atom stereocenters. The molecule has 1 aliphatic heterocycles. The molecule has 0 amide bonds. The first-order chi connectivity index (χ1) is 15.6. The molecular weight excluding hydrogens is 588 g/mol. The van der Waals surface area contributed by atoms with Crippen molar-refractivity contribution in [2.45, 2.75) is 57.7 Å². The van der Waals surface area contributed by atoms with Gasteiger partial charge in [-0.1, -0.05) is 22.7 Å². The Morgan fingerprint density at radius 2 is 1.82 bits per heavy atom. The lowest BCUT2D eigenvalue weighted by atomic mass is 9.79. The van der Waals surface area contributed by atoms with Gasteiger partial charge in [0.15, 0.2) is 19.8 Å². The Morgan fingerprint density at radius 3 is 2.42 bits per heavy atom. The van der Waals surface area contributed by atoms with E-state index in [0.717, 1.165) is 38.2 Å². The highest BCUT2D eigenvalue weighted by Gasteiger charge is 2.39. The molecule has 0 bridgehead atoms. The number of nitrogens with zero attached hydrogens (tertiary/aromatic N) is 8. The number of fused-ring (bicyclic) bond motifs is 1. The minimum Gasteiger partial charge on any atom is -0.348 e. The third-order valence-electron chi connectivity index (χ3n) is 5.70. The first-order valence-electron chi connectivity index (χ1n) is 10.5. The summed E-state index contributed by atoms with van der Waals surface area (Å²) in [5.41, 5.74) is 1.79. The summed E-state index contributed by atoms with van der Waals surface area (Å²) in [6.45, 7) is 9.10. The number of rotatable bonds is 5. The van der Waals surface area contributed by atoms with Gasteiger partial charge in [0.1, 0.15) is 5.69 Å². The summed E-state index contributed by atoms with van der Waals surface area (Å²) in [6.07, 6.45) is 8.14. The Kier molecular flexibility index (Phi) is 6.17. The summed E-state index contributed by atoms with van der Waals surface area (Å²) in [5.74, 6) is 0.522. The number of anilines is 1. The lowest BCUT2D eigenvalue weighted by Gasteiger charge is -2.48. The zero-order valence-corrected chi connectivity index (χ0v) is 23.8. The minimum atomic E-state index is 0.0898. The molecule has 0 aliphatic carbocycles. The van der Waals surface area contributed by atoms with Gasteiger partial charge >= 0.3 is 0 Å². The molecule has 4 aromatic heterocycles. The molecule has 0 radical (unpaired) electrons. The van der Waals surface area contributed by atoms with Crippen LogP contribution < -0.4 is 10.2 Å². The van der Waals surface area contributed by atoms with Crippen LogP contribution >= 0.6 is 51.1 Å². The van der Waals surface area contributed by atoms with Crippen LogP contribution in [0.25, 0.3) is 31.8 Å². The van der Waals surface area contributed by atoms with Gasteiger partial charge in [-0.25, -0.2) is 19.4 Å². The largest absolute Gasteiger partial charge is 0.348 e. The molecule has 9 nitrogen and oxygen atoms in total. The summed E-state index contributed by atoms with van der Waals surface area (Å²) in [5, 5.41) is 18.4. The summed E-state index contributed by atoms with van der Waals surface area (Å²) < 4.78 is 1.87. The van der Waals surface area contributed by atoms with Gasteiger partial charge in [0.2, 0.25) is 5.82 Å². The highest BCUT2D eigenvalue weighted by atomic mass is 127. The van der Waals surface area contributed by atoms with Crippen molar-refractivity contribution in [3.63, 3.8) is 0 Å². The third-order valence-corrected chi connectivity index (χ3v) is 9.72. The monoisotopic (exact) mass is 613 g/mol. The smallest absolute Gasteiger partial charge is 0.210 e. The number of nitrogens with one attached hydrogen (secondary N) is 1. The van der Waals surface area contributed by atoms with Crippen molar-refractivity contribution >= 4 is 65.9 Å². The first kappa shape index (κ1) is 23.4. The average molecular weight is 613 g/mol. The highest BCUT2D eigenvalue weighted by molar-refractivity contribution is 14.2. The molecule has 174 valence electrons. The lowest BCUT2D eigenvalue weighted by Crippen LogP contribution is -2.61. The van der Waals surface area contributed by atoms with Gasteiger partial charge in [0.05, 0.1) is 18.8 Å². The zero-order chi connectivity index (χ0) is 23.4. The Hall–Kier alpha value is -1.34. The summed E-state index contributed by atoms with van der Waals surface area (Å²) in [7, 11) is 2.15. The van der Waals surface area contributed by atoms with Gasteiger partial charge in [-0.15, -0.1) is 10.2 Å². The van der Waals surface area contributed by atoms with Gasteiger partial charge in [0, 0.05) is 35.9 Å². The maximum atomic E-state index is 4.90. The Bertz CT molecular complexity index is 1230. The van der Waals surface area contributed by atoms with E-state index < -0.39 is 0 Å². The van der Waals surface area contributed by atoms with E-state index in [9.17, 15) is 0 Å². The number of hydrogen-bond acceptors (Lipinski definition) is 10. The molecule has 4 aromatic rings. The van der Waals surface area contributed by atoms with E-state index in [1.165, 1.54) is 11.3 Å². The Labute approximate surface area is 215 Å². The average Bonchev–Trinajstić information content (AvgIpc) is 3.45. The van der Waals surface area contributed by atoms with Crippen LogP contribution in [-0.4, -0.2) is 58.9 Å². The van der Waals surface area contributed by atoms with Crippen LogP contribution in [0.1, 0.15) is 40.5 Å². The number of thiazole rings is 2. The second-order valence-electron chi connectivity index (χ2n) is 9.62. The fourth-order valence-electron chi connectivity index (χ4n) is 4.58. The fourth-order valence-corrected chi connectivity index (χ4v) is 7.67. The quantitative estimate of drug-likeness (QED) is 0.248. The number of aromatic nitrogens is 7. The van der Waals surface area contributed by atoms with Crippen molar-refractivity contribution in [1.82, 2.24) is 40.0 Å². The van der Waals surface area contributed by atoms with Crippen molar-refractivity contribution in [2.24, 2.45) is 0 Å².